The minimum Gasteiger partial charge on any atom is -0.504 e. The van der Waals surface area contributed by atoms with Gasteiger partial charge in [-0.2, -0.15) is 0 Å². The summed E-state index contributed by atoms with van der Waals surface area (Å²) in [5.74, 6) is 7.07. The minimum atomic E-state index is -1.12. The maximum absolute atomic E-state index is 16.0. The van der Waals surface area contributed by atoms with E-state index in [1.807, 2.05) is 6.92 Å². The Hall–Kier alpha value is -3.33. The minimum absolute atomic E-state index is 0.000706. The number of nitrogens with one attached hydrogen (secondary N) is 2. The Morgan fingerprint density at radius 3 is 2.52 bits per heavy atom. The molecule has 1 aromatic carbocycles. The molecule has 0 aromatic heterocycles. The predicted molar refractivity (Wildman–Crippen MR) is 242 cm³/mol. The number of phenols is 1. The van der Waals surface area contributed by atoms with Gasteiger partial charge in [-0.1, -0.05) is 44.1 Å². The first-order valence-electron chi connectivity index (χ1n) is 26.1. The van der Waals surface area contributed by atoms with Gasteiger partial charge in [0.1, 0.15) is 17.7 Å². The lowest BCUT2D eigenvalue weighted by Gasteiger charge is -2.59. The van der Waals surface area contributed by atoms with Crippen LogP contribution in [0.25, 0.3) is 0 Å². The van der Waals surface area contributed by atoms with E-state index in [0.29, 0.717) is 57.6 Å². The molecule has 15 atom stereocenters. The van der Waals surface area contributed by atoms with Gasteiger partial charge in [0.25, 0.3) is 0 Å². The van der Waals surface area contributed by atoms with E-state index in [1.54, 1.807) is 6.07 Å². The quantitative estimate of drug-likeness (QED) is 0.149. The summed E-state index contributed by atoms with van der Waals surface area (Å²) in [6, 6.07) is 3.91. The van der Waals surface area contributed by atoms with E-state index in [1.165, 1.54) is 6.92 Å². The van der Waals surface area contributed by atoms with Crippen molar-refractivity contribution in [1.82, 2.24) is 10.6 Å². The molecule has 11 heteroatoms. The largest absolute Gasteiger partial charge is 0.504 e. The van der Waals surface area contributed by atoms with Crippen molar-refractivity contribution in [2.45, 2.75) is 178 Å². The summed E-state index contributed by atoms with van der Waals surface area (Å²) in [6.45, 7) is 5.30. The summed E-state index contributed by atoms with van der Waals surface area (Å²) in [4.78, 5) is 44.7. The van der Waals surface area contributed by atoms with Gasteiger partial charge >= 0.3 is 11.9 Å². The lowest BCUT2D eigenvalue weighted by Crippen LogP contribution is -2.69. The smallest absolute Gasteiger partial charge is 0.332 e. The second-order valence-electron chi connectivity index (χ2n) is 23.4. The third-order valence-electron chi connectivity index (χ3n) is 20.5. The van der Waals surface area contributed by atoms with Gasteiger partial charge in [-0.25, -0.2) is 4.79 Å². The highest BCUT2D eigenvalue weighted by Crippen LogP contribution is 2.67. The molecule has 5 N–H and O–H groups in total. The van der Waals surface area contributed by atoms with E-state index in [2.05, 4.69) is 28.5 Å². The van der Waals surface area contributed by atoms with Crippen LogP contribution < -0.4 is 15.4 Å². The molecule has 5 aliphatic heterocycles. The summed E-state index contributed by atoms with van der Waals surface area (Å²) in [7, 11) is 0. The second kappa shape index (κ2) is 16.7. The molecule has 1 amide bonds. The number of piperidine rings is 2. The average Bonchev–Trinajstić information content (AvgIpc) is 3.94. The molecule has 0 unspecified atom stereocenters. The zero-order chi connectivity index (χ0) is 44.9. The fraction of sp³-hybridized carbons (Fsp3) is 0.796. The third kappa shape index (κ3) is 6.84. The monoisotopic (exact) mass is 895 g/mol. The molecule has 4 bridgehead atoms. The van der Waals surface area contributed by atoms with Gasteiger partial charge in [-0.15, -0.1) is 5.92 Å². The number of ether oxygens (including phenoxy) is 3. The van der Waals surface area contributed by atoms with Crippen LogP contribution in [-0.4, -0.2) is 83.3 Å². The van der Waals surface area contributed by atoms with E-state index in [9.17, 15) is 24.9 Å². The predicted octanol–water partition coefficient (Wildman–Crippen LogP) is 7.43. The number of aliphatic hydroxyl groups is 2. The van der Waals surface area contributed by atoms with Gasteiger partial charge in [0.2, 0.25) is 5.91 Å². The lowest BCUT2D eigenvalue weighted by molar-refractivity contribution is -0.205. The van der Waals surface area contributed by atoms with Crippen LogP contribution in [0.1, 0.15) is 165 Å². The molecule has 4 saturated carbocycles. The number of phenolic OH excluding ortho intramolecular Hbond substituents is 1. The first-order chi connectivity index (χ1) is 31.4. The fourth-order valence-corrected chi connectivity index (χ4v) is 17.8. The van der Waals surface area contributed by atoms with Crippen LogP contribution in [0.5, 0.6) is 11.5 Å². The maximum atomic E-state index is 16.0. The van der Waals surface area contributed by atoms with Crippen LogP contribution in [0.2, 0.25) is 0 Å². The van der Waals surface area contributed by atoms with E-state index in [4.69, 9.17) is 14.2 Å². The molecule has 8 fully saturated rings. The first kappa shape index (κ1) is 44.2. The molecule has 1 aromatic rings. The molecular formula is C54H74N2O9. The number of benzene rings is 1. The fourth-order valence-electron chi connectivity index (χ4n) is 17.8. The summed E-state index contributed by atoms with van der Waals surface area (Å²) >= 11 is 0. The van der Waals surface area contributed by atoms with Crippen LogP contribution in [0.15, 0.2) is 12.1 Å². The summed E-state index contributed by atoms with van der Waals surface area (Å²) < 4.78 is 21.1. The van der Waals surface area contributed by atoms with Crippen LogP contribution in [0.4, 0.5) is 0 Å². The van der Waals surface area contributed by atoms with Crippen molar-refractivity contribution >= 4 is 17.8 Å². The Labute approximate surface area is 385 Å². The molecule has 65 heavy (non-hydrogen) atoms. The highest BCUT2D eigenvalue weighted by Gasteiger charge is 2.67. The van der Waals surface area contributed by atoms with Gasteiger partial charge in [0.15, 0.2) is 11.5 Å². The molecule has 0 radical (unpaired) electrons. The van der Waals surface area contributed by atoms with Crippen LogP contribution >= 0.6 is 0 Å². The van der Waals surface area contributed by atoms with Crippen molar-refractivity contribution in [3.05, 3.63) is 23.3 Å². The SMILES string of the molecule is CC(=O)O[C@@H]1[C@H]2CC[C@H]3C[C@H]4CCC[C@@]45C[C@@H]4CCCC[C@@]4(NC5=O)C(=O)O[C@H]([C@H]31)C1(CCNCC1)[C@H]1c3ccc(O)c4c3[C@@H](C[C@@H]1C#CC[C@@H]2C[C@H](C)O)[C@H](C1(CO)CCCC1)CO4. The van der Waals surface area contributed by atoms with Gasteiger partial charge < -0.3 is 40.2 Å². The van der Waals surface area contributed by atoms with E-state index >= 15 is 4.79 Å². The number of carbonyl (C=O) groups is 3. The summed E-state index contributed by atoms with van der Waals surface area (Å²) in [5, 5.41) is 41.3. The Kier molecular flexibility index (Phi) is 11.4. The summed E-state index contributed by atoms with van der Waals surface area (Å²) in [5.41, 5.74) is -0.478. The second-order valence-corrected chi connectivity index (χ2v) is 23.4. The van der Waals surface area contributed by atoms with Crippen molar-refractivity contribution in [3.8, 4) is 23.3 Å². The molecular weight excluding hydrogens is 821 g/mol. The molecule has 11 nitrogen and oxygen atoms in total. The van der Waals surface area contributed by atoms with Crippen molar-refractivity contribution in [1.29, 1.82) is 0 Å². The standard InChI is InChI=1S/C54H74N2O9/c1-31(58)25-33-9-7-10-35-27-40-41(51(30-57)17-5-6-18-51)29-63-47-42(60)16-15-39(44(40)47)45(35)52(21-23-55-24-22-52)48-43-34(13-14-38(33)46(43)64-32(2)59)26-36-12-8-19-53(36)28-37-11-3-4-20-54(37,50(62)65-48)56-49(53)61/h15-16,31,33-38,40-41,43,45-46,48,55,57-58,60H,3-6,8-9,11-14,17-30H2,1-2H3,(H,56,61)/t31-,33+,34-,35-,36+,37-,38-,40-,41+,43+,45+,46+,48+,53+,54-/m0/s1. The van der Waals surface area contributed by atoms with E-state index in [-0.39, 0.29) is 94.8 Å². The molecule has 12 rings (SSSR count). The van der Waals surface area contributed by atoms with Crippen LogP contribution in [-0.2, 0) is 23.9 Å². The first-order valence-corrected chi connectivity index (χ1v) is 26.1. The normalized spacial score (nSPS) is 42.6. The van der Waals surface area contributed by atoms with Gasteiger partial charge in [0.05, 0.1) is 18.1 Å². The molecule has 3 spiro atoms. The Bertz CT molecular complexity index is 2100. The average molecular weight is 895 g/mol. The zero-order valence-electron chi connectivity index (χ0n) is 38.9. The number of carbonyl (C=O) groups excluding carboxylic acids is 3. The van der Waals surface area contributed by atoms with Gasteiger partial charge in [-0.3, -0.25) is 9.59 Å². The van der Waals surface area contributed by atoms with Crippen LogP contribution in [0.3, 0.4) is 0 Å². The van der Waals surface area contributed by atoms with Gasteiger partial charge in [-0.05, 0) is 151 Å². The number of aromatic hydroxyl groups is 1. The van der Waals surface area contributed by atoms with E-state index in [0.717, 1.165) is 107 Å². The number of fused-ring (bicyclic) bond motifs is 6. The van der Waals surface area contributed by atoms with Crippen molar-refractivity contribution in [3.63, 3.8) is 0 Å². The Morgan fingerprint density at radius 2 is 1.75 bits per heavy atom. The Balaban J connectivity index is 1.16. The van der Waals surface area contributed by atoms with E-state index < -0.39 is 34.7 Å². The number of hydrogen-bond donors (Lipinski definition) is 5. The van der Waals surface area contributed by atoms with Crippen molar-refractivity contribution in [2.75, 3.05) is 26.3 Å². The number of amides is 1. The van der Waals surface area contributed by atoms with Gasteiger partial charge in [0, 0.05) is 65.9 Å². The molecule has 5 heterocycles. The highest BCUT2D eigenvalue weighted by atomic mass is 16.6. The highest BCUT2D eigenvalue weighted by molar-refractivity contribution is 5.93. The summed E-state index contributed by atoms with van der Waals surface area (Å²) in [6.07, 6.45) is 14.6. The maximum Gasteiger partial charge on any atom is 0.332 e. The number of hydrogen-bond acceptors (Lipinski definition) is 10. The number of esters is 2. The topological polar surface area (TPSA) is 164 Å². The van der Waals surface area contributed by atoms with Crippen molar-refractivity contribution in [2.24, 2.45) is 63.6 Å². The third-order valence-corrected chi connectivity index (χ3v) is 20.5. The zero-order valence-corrected chi connectivity index (χ0v) is 38.9. The Morgan fingerprint density at radius 1 is 0.969 bits per heavy atom. The molecule has 6 aliphatic carbocycles. The molecule has 354 valence electrons. The molecule has 11 aliphatic rings. The van der Waals surface area contributed by atoms with Crippen molar-refractivity contribution < 1.29 is 43.9 Å². The van der Waals surface area contributed by atoms with Crippen LogP contribution in [0, 0.1) is 75.4 Å². The number of aliphatic hydroxyl groups excluding tert-OH is 2. The lowest BCUT2D eigenvalue weighted by atomic mass is 9.49. The molecule has 4 saturated heterocycles. The number of rotatable bonds is 5.